The van der Waals surface area contributed by atoms with Crippen molar-refractivity contribution in [1.82, 2.24) is 9.97 Å². The summed E-state index contributed by atoms with van der Waals surface area (Å²) in [6.45, 7) is 0. The van der Waals surface area contributed by atoms with E-state index >= 15 is 0 Å². The van der Waals surface area contributed by atoms with Crippen molar-refractivity contribution in [2.24, 2.45) is 0 Å². The summed E-state index contributed by atoms with van der Waals surface area (Å²) >= 11 is 5.66. The first kappa shape index (κ1) is 12.1. The van der Waals surface area contributed by atoms with Crippen LogP contribution in [0.2, 0.25) is 5.28 Å². The molecule has 92 valence electrons. The van der Waals surface area contributed by atoms with Gasteiger partial charge in [0, 0.05) is 6.07 Å². The molecule has 0 radical (unpaired) electrons. The smallest absolute Gasteiger partial charge is 0.337 e. The topological polar surface area (TPSA) is 101 Å². The number of carboxylic acid groups (broad SMARTS) is 1. The van der Waals surface area contributed by atoms with Crippen LogP contribution in [0.5, 0.6) is 0 Å². The molecule has 0 atom stereocenters. The highest BCUT2D eigenvalue weighted by Crippen LogP contribution is 2.21. The first-order valence-corrected chi connectivity index (χ1v) is 5.33. The summed E-state index contributed by atoms with van der Waals surface area (Å²) in [5.74, 6) is -0.502. The van der Waals surface area contributed by atoms with Gasteiger partial charge in [-0.1, -0.05) is 12.1 Å². The molecule has 0 amide bonds. The van der Waals surface area contributed by atoms with Crippen LogP contribution in [0.15, 0.2) is 30.3 Å². The summed E-state index contributed by atoms with van der Waals surface area (Å²) < 4.78 is 0. The van der Waals surface area contributed by atoms with Gasteiger partial charge in [0.2, 0.25) is 5.28 Å². The molecular formula is C11H9ClN4O2. The van der Waals surface area contributed by atoms with Gasteiger partial charge in [0.05, 0.1) is 11.3 Å². The van der Waals surface area contributed by atoms with Gasteiger partial charge >= 0.3 is 5.97 Å². The fourth-order valence-electron chi connectivity index (χ4n) is 1.42. The monoisotopic (exact) mass is 264 g/mol. The summed E-state index contributed by atoms with van der Waals surface area (Å²) in [6.07, 6.45) is 0. The van der Waals surface area contributed by atoms with Crippen molar-refractivity contribution in [3.05, 3.63) is 41.2 Å². The predicted molar refractivity (Wildman–Crippen MR) is 68.1 cm³/mol. The number of nitrogens with two attached hydrogens (primary N) is 1. The number of nitrogens with one attached hydrogen (secondary N) is 1. The molecule has 0 aliphatic rings. The minimum absolute atomic E-state index is 0.00898. The number of aromatic carboxylic acids is 1. The van der Waals surface area contributed by atoms with E-state index < -0.39 is 5.97 Å². The SMILES string of the molecule is Nc1cc(Nc2ccccc2C(=O)O)nc(Cl)n1. The third-order valence-corrected chi connectivity index (χ3v) is 2.31. The van der Waals surface area contributed by atoms with Crippen LogP contribution in [0.25, 0.3) is 0 Å². The number of anilines is 3. The minimum Gasteiger partial charge on any atom is -0.478 e. The number of para-hydroxylation sites is 1. The summed E-state index contributed by atoms with van der Waals surface area (Å²) in [5, 5.41) is 11.9. The maximum atomic E-state index is 11.0. The largest absolute Gasteiger partial charge is 0.478 e. The van der Waals surface area contributed by atoms with Crippen LogP contribution in [0.1, 0.15) is 10.4 Å². The van der Waals surface area contributed by atoms with Crippen molar-refractivity contribution >= 4 is 34.9 Å². The van der Waals surface area contributed by atoms with Gasteiger partial charge in [0.15, 0.2) is 0 Å². The predicted octanol–water partition coefficient (Wildman–Crippen LogP) is 2.15. The normalized spacial score (nSPS) is 10.1. The van der Waals surface area contributed by atoms with E-state index in [1.807, 2.05) is 0 Å². The van der Waals surface area contributed by atoms with E-state index in [1.165, 1.54) is 12.1 Å². The number of nitrogen functional groups attached to an aromatic ring is 1. The lowest BCUT2D eigenvalue weighted by Crippen LogP contribution is -2.04. The highest BCUT2D eigenvalue weighted by atomic mass is 35.5. The van der Waals surface area contributed by atoms with Gasteiger partial charge in [0.25, 0.3) is 0 Å². The van der Waals surface area contributed by atoms with Crippen LogP contribution in [-0.4, -0.2) is 21.0 Å². The zero-order chi connectivity index (χ0) is 13.1. The maximum absolute atomic E-state index is 11.0. The van der Waals surface area contributed by atoms with E-state index in [0.29, 0.717) is 11.5 Å². The zero-order valence-electron chi connectivity index (χ0n) is 9.09. The molecule has 2 rings (SSSR count). The second kappa shape index (κ2) is 4.89. The first-order valence-electron chi connectivity index (χ1n) is 4.95. The Hall–Kier alpha value is -2.34. The van der Waals surface area contributed by atoms with E-state index in [2.05, 4.69) is 15.3 Å². The van der Waals surface area contributed by atoms with Crippen molar-refractivity contribution < 1.29 is 9.90 Å². The molecule has 0 saturated heterocycles. The number of halogens is 1. The molecule has 0 aliphatic carbocycles. The lowest BCUT2D eigenvalue weighted by Gasteiger charge is -2.08. The van der Waals surface area contributed by atoms with E-state index in [0.717, 1.165) is 0 Å². The summed E-state index contributed by atoms with van der Waals surface area (Å²) in [5.41, 5.74) is 6.05. The van der Waals surface area contributed by atoms with Crippen molar-refractivity contribution in [3.8, 4) is 0 Å². The highest BCUT2D eigenvalue weighted by Gasteiger charge is 2.10. The van der Waals surface area contributed by atoms with Crippen molar-refractivity contribution in [3.63, 3.8) is 0 Å². The van der Waals surface area contributed by atoms with Crippen LogP contribution < -0.4 is 11.1 Å². The number of nitrogens with zero attached hydrogens (tertiary/aromatic N) is 2. The fraction of sp³-hybridized carbons (Fsp3) is 0. The lowest BCUT2D eigenvalue weighted by atomic mass is 10.2. The number of aromatic nitrogens is 2. The average molecular weight is 265 g/mol. The van der Waals surface area contributed by atoms with E-state index in [4.69, 9.17) is 22.4 Å². The van der Waals surface area contributed by atoms with E-state index in [-0.39, 0.29) is 16.7 Å². The molecule has 0 saturated carbocycles. The van der Waals surface area contributed by atoms with E-state index in [1.54, 1.807) is 18.2 Å². The maximum Gasteiger partial charge on any atom is 0.337 e. The van der Waals surface area contributed by atoms with Crippen molar-refractivity contribution in [2.45, 2.75) is 0 Å². The Kier molecular flexibility index (Phi) is 3.29. The average Bonchev–Trinajstić information content (AvgIpc) is 2.27. The molecule has 0 fully saturated rings. The molecule has 0 aliphatic heterocycles. The second-order valence-electron chi connectivity index (χ2n) is 3.42. The van der Waals surface area contributed by atoms with Crippen LogP contribution in [0.4, 0.5) is 17.3 Å². The molecule has 1 aromatic carbocycles. The van der Waals surface area contributed by atoms with Gasteiger partial charge in [-0.2, -0.15) is 0 Å². The number of benzene rings is 1. The third kappa shape index (κ3) is 2.67. The Labute approximate surface area is 107 Å². The fourth-order valence-corrected chi connectivity index (χ4v) is 1.60. The van der Waals surface area contributed by atoms with E-state index in [9.17, 15) is 4.79 Å². The van der Waals surface area contributed by atoms with Gasteiger partial charge in [-0.05, 0) is 23.7 Å². The Morgan fingerprint density at radius 1 is 1.33 bits per heavy atom. The summed E-state index contributed by atoms with van der Waals surface area (Å²) in [6, 6.07) is 7.91. The third-order valence-electron chi connectivity index (χ3n) is 2.14. The Morgan fingerprint density at radius 3 is 2.72 bits per heavy atom. The van der Waals surface area contributed by atoms with Crippen molar-refractivity contribution in [2.75, 3.05) is 11.1 Å². The molecule has 2 aromatic rings. The second-order valence-corrected chi connectivity index (χ2v) is 3.76. The molecule has 0 bridgehead atoms. The van der Waals surface area contributed by atoms with Crippen LogP contribution in [0.3, 0.4) is 0 Å². The molecular weight excluding hydrogens is 256 g/mol. The summed E-state index contributed by atoms with van der Waals surface area (Å²) in [4.78, 5) is 18.6. The molecule has 1 heterocycles. The Morgan fingerprint density at radius 2 is 2.06 bits per heavy atom. The van der Waals surface area contributed by atoms with Crippen LogP contribution >= 0.6 is 11.6 Å². The number of hydrogen-bond acceptors (Lipinski definition) is 5. The number of hydrogen-bond donors (Lipinski definition) is 3. The molecule has 4 N–H and O–H groups in total. The van der Waals surface area contributed by atoms with Gasteiger partial charge in [-0.3, -0.25) is 0 Å². The van der Waals surface area contributed by atoms with Gasteiger partial charge < -0.3 is 16.2 Å². The molecule has 6 nitrogen and oxygen atoms in total. The molecule has 0 unspecified atom stereocenters. The number of carboxylic acids is 1. The van der Waals surface area contributed by atoms with Gasteiger partial charge in [0.1, 0.15) is 11.6 Å². The Balaban J connectivity index is 2.37. The molecule has 7 heteroatoms. The quantitative estimate of drug-likeness (QED) is 0.734. The van der Waals surface area contributed by atoms with Gasteiger partial charge in [-0.15, -0.1) is 0 Å². The number of carbonyl (C=O) groups is 1. The minimum atomic E-state index is -1.04. The first-order chi connectivity index (χ1) is 8.56. The van der Waals surface area contributed by atoms with Crippen molar-refractivity contribution in [1.29, 1.82) is 0 Å². The Bertz CT molecular complexity index is 583. The molecule has 1 aromatic heterocycles. The standard InChI is InChI=1S/C11H9ClN4O2/c12-11-15-8(13)5-9(16-11)14-7-4-2-1-3-6(7)10(17)18/h1-5H,(H,17,18)(H3,13,14,15,16). The highest BCUT2D eigenvalue weighted by molar-refractivity contribution is 6.28. The molecule has 0 spiro atoms. The lowest BCUT2D eigenvalue weighted by molar-refractivity contribution is 0.0698. The number of rotatable bonds is 3. The molecule has 18 heavy (non-hydrogen) atoms. The van der Waals surface area contributed by atoms with Crippen LogP contribution in [-0.2, 0) is 0 Å². The summed E-state index contributed by atoms with van der Waals surface area (Å²) in [7, 11) is 0. The van der Waals surface area contributed by atoms with Crippen LogP contribution in [0, 0.1) is 0 Å². The van der Waals surface area contributed by atoms with Gasteiger partial charge in [-0.25, -0.2) is 14.8 Å². The zero-order valence-corrected chi connectivity index (χ0v) is 9.85.